The lowest BCUT2D eigenvalue weighted by Gasteiger charge is -2.07. The van der Waals surface area contributed by atoms with Gasteiger partial charge in [-0.3, -0.25) is 0 Å². The Balaban J connectivity index is 3.09. The van der Waals surface area contributed by atoms with Crippen LogP contribution in [0.25, 0.3) is 0 Å². The fourth-order valence-electron chi connectivity index (χ4n) is 0.713. The van der Waals surface area contributed by atoms with E-state index in [0.717, 1.165) is 0 Å². The van der Waals surface area contributed by atoms with Crippen LogP contribution in [0.1, 0.15) is 20.8 Å². The normalized spacial score (nSPS) is 9.22. The summed E-state index contributed by atoms with van der Waals surface area (Å²) >= 11 is -0.330. The Morgan fingerprint density at radius 3 is 2.11 bits per heavy atom. The van der Waals surface area contributed by atoms with Crippen LogP contribution in [0, 0.1) is 0 Å². The second kappa shape index (κ2) is 7.14. The fraction of sp³-hybridized carbons (Fsp3) is 1.00. The monoisotopic (exact) mass is 157 g/mol. The van der Waals surface area contributed by atoms with Crippen molar-refractivity contribution in [1.29, 1.82) is 0 Å². The van der Waals surface area contributed by atoms with Crippen LogP contribution in [-0.4, -0.2) is 30.0 Å². The van der Waals surface area contributed by atoms with Crippen molar-refractivity contribution in [3.63, 3.8) is 0 Å². The molecular formula is C6H15Al2O. The lowest BCUT2D eigenvalue weighted by atomic mass is 10.9. The maximum atomic E-state index is 5.71. The van der Waals surface area contributed by atoms with Crippen LogP contribution >= 0.6 is 0 Å². The van der Waals surface area contributed by atoms with Crippen LogP contribution in [-0.2, 0) is 2.84 Å². The molecule has 0 atom stereocenters. The molecule has 0 heterocycles. The summed E-state index contributed by atoms with van der Waals surface area (Å²) in [6.07, 6.45) is 0. The quantitative estimate of drug-likeness (QED) is 0.555. The van der Waals surface area contributed by atoms with Crippen LogP contribution in [0.15, 0.2) is 0 Å². The molecule has 0 bridgehead atoms. The Hall–Kier alpha value is 1.02. The molecule has 0 spiro atoms. The van der Waals surface area contributed by atoms with Gasteiger partial charge in [0.05, 0.1) is 0 Å². The second-order valence-corrected chi connectivity index (χ2v) is 7.27. The average molecular weight is 157 g/mol. The van der Waals surface area contributed by atoms with Gasteiger partial charge in [0.1, 0.15) is 0 Å². The SMILES string of the molecule is C[CH2][Al][O][Al]([CH2]C)[CH2]C. The first-order valence-corrected chi connectivity index (χ1v) is 7.21. The summed E-state index contributed by atoms with van der Waals surface area (Å²) < 4.78 is 5.71. The topological polar surface area (TPSA) is 9.23 Å². The van der Waals surface area contributed by atoms with E-state index in [1.807, 2.05) is 0 Å². The van der Waals surface area contributed by atoms with Crippen LogP contribution in [0.2, 0.25) is 15.8 Å². The molecule has 0 aromatic rings. The lowest BCUT2D eigenvalue weighted by molar-refractivity contribution is 0.605. The van der Waals surface area contributed by atoms with Crippen molar-refractivity contribution in [2.75, 3.05) is 0 Å². The summed E-state index contributed by atoms with van der Waals surface area (Å²) in [5.74, 6) is 0. The van der Waals surface area contributed by atoms with E-state index >= 15 is 0 Å². The second-order valence-electron chi connectivity index (χ2n) is 2.15. The Kier molecular flexibility index (Phi) is 7.95. The molecule has 1 nitrogen and oxygen atoms in total. The van der Waals surface area contributed by atoms with E-state index in [9.17, 15) is 0 Å². The highest BCUT2D eigenvalue weighted by Gasteiger charge is 2.12. The van der Waals surface area contributed by atoms with Crippen molar-refractivity contribution < 1.29 is 2.84 Å². The Labute approximate surface area is 69.6 Å². The maximum Gasteiger partial charge on any atom is 0.429 e. The van der Waals surface area contributed by atoms with Gasteiger partial charge in [-0.05, 0) is 0 Å². The summed E-state index contributed by atoms with van der Waals surface area (Å²) in [5.41, 5.74) is 0. The van der Waals surface area contributed by atoms with Gasteiger partial charge in [0.15, 0.2) is 0 Å². The smallest absolute Gasteiger partial charge is 0.429 e. The zero-order chi connectivity index (χ0) is 7.11. The molecule has 0 N–H and O–H groups in total. The zero-order valence-corrected chi connectivity index (χ0v) is 8.99. The van der Waals surface area contributed by atoms with Gasteiger partial charge in [0, 0.05) is 0 Å². The van der Waals surface area contributed by atoms with Gasteiger partial charge in [0.2, 0.25) is 0 Å². The summed E-state index contributed by atoms with van der Waals surface area (Å²) in [5, 5.41) is 3.87. The van der Waals surface area contributed by atoms with Crippen molar-refractivity contribution in [2.45, 2.75) is 36.6 Å². The van der Waals surface area contributed by atoms with E-state index in [1.165, 1.54) is 15.8 Å². The van der Waals surface area contributed by atoms with Crippen molar-refractivity contribution in [2.24, 2.45) is 0 Å². The van der Waals surface area contributed by atoms with Crippen molar-refractivity contribution in [3.8, 4) is 0 Å². The molecule has 1 radical (unpaired) electrons. The van der Waals surface area contributed by atoms with Crippen LogP contribution in [0.3, 0.4) is 0 Å². The molecule has 0 aliphatic heterocycles. The fourth-order valence-corrected chi connectivity index (χ4v) is 4.69. The molecule has 3 heteroatoms. The molecule has 0 aliphatic carbocycles. The molecule has 0 rings (SSSR count). The van der Waals surface area contributed by atoms with E-state index in [-0.39, 0.29) is 0 Å². The van der Waals surface area contributed by atoms with E-state index in [1.54, 1.807) is 0 Å². The van der Waals surface area contributed by atoms with Crippen molar-refractivity contribution >= 4 is 30.0 Å². The molecule has 0 aliphatic rings. The highest BCUT2D eigenvalue weighted by atomic mass is 27.3. The van der Waals surface area contributed by atoms with Crippen LogP contribution in [0.5, 0.6) is 0 Å². The third kappa shape index (κ3) is 5.47. The minimum Gasteiger partial charge on any atom is -0.643 e. The first kappa shape index (κ1) is 10.0. The van der Waals surface area contributed by atoms with Crippen molar-refractivity contribution in [1.82, 2.24) is 0 Å². The van der Waals surface area contributed by atoms with Gasteiger partial charge in [-0.25, -0.2) is 0 Å². The molecule has 0 unspecified atom stereocenters. The van der Waals surface area contributed by atoms with Gasteiger partial charge in [-0.2, -0.15) is 0 Å². The van der Waals surface area contributed by atoms with Gasteiger partial charge < -0.3 is 2.84 Å². The predicted molar refractivity (Wildman–Crippen MR) is 44.0 cm³/mol. The molecule has 51 valence electrons. The van der Waals surface area contributed by atoms with E-state index in [4.69, 9.17) is 2.84 Å². The van der Waals surface area contributed by atoms with Gasteiger partial charge in [-0.15, -0.1) is 0 Å². The van der Waals surface area contributed by atoms with Gasteiger partial charge in [0.25, 0.3) is 0 Å². The Bertz CT molecular complexity index is 55.0. The Morgan fingerprint density at radius 2 is 1.78 bits per heavy atom. The van der Waals surface area contributed by atoms with E-state index in [2.05, 4.69) is 20.8 Å². The zero-order valence-electron chi connectivity index (χ0n) is 6.68. The summed E-state index contributed by atoms with van der Waals surface area (Å²) in [6.45, 7) is 6.69. The highest BCUT2D eigenvalue weighted by molar-refractivity contribution is 6.58. The standard InChI is InChI=1S/3C2H5.2Al.O/c3*1-2;;;/h3*1H2,2H3;;;. The molecule has 0 saturated carbocycles. The van der Waals surface area contributed by atoms with Crippen LogP contribution < -0.4 is 0 Å². The number of hydrogen-bond donors (Lipinski definition) is 0. The van der Waals surface area contributed by atoms with Crippen molar-refractivity contribution in [3.05, 3.63) is 0 Å². The van der Waals surface area contributed by atoms with E-state index in [0.29, 0.717) is 15.6 Å². The molecule has 0 aromatic heterocycles. The molecule has 9 heavy (non-hydrogen) atoms. The van der Waals surface area contributed by atoms with Gasteiger partial charge in [-0.1, -0.05) is 36.6 Å². The minimum atomic E-state index is -0.673. The molecule has 0 saturated heterocycles. The van der Waals surface area contributed by atoms with E-state index < -0.39 is 14.5 Å². The average Bonchev–Trinajstić information content (AvgIpc) is 1.91. The highest BCUT2D eigenvalue weighted by Crippen LogP contribution is 1.98. The third-order valence-electron chi connectivity index (χ3n) is 1.37. The maximum absolute atomic E-state index is 5.71. The largest absolute Gasteiger partial charge is 0.643 e. The third-order valence-corrected chi connectivity index (χ3v) is 5.83. The van der Waals surface area contributed by atoms with Crippen LogP contribution in [0.4, 0.5) is 0 Å². The van der Waals surface area contributed by atoms with Gasteiger partial charge >= 0.3 is 30.0 Å². The molecule has 0 fully saturated rings. The summed E-state index contributed by atoms with van der Waals surface area (Å²) in [7, 11) is 0. The molecule has 0 amide bonds. The first-order valence-electron chi connectivity index (χ1n) is 3.82. The summed E-state index contributed by atoms with van der Waals surface area (Å²) in [4.78, 5) is 0. The predicted octanol–water partition coefficient (Wildman–Crippen LogP) is 2.09. The number of rotatable bonds is 5. The summed E-state index contributed by atoms with van der Waals surface area (Å²) in [6, 6.07) is 0. The first-order chi connectivity index (χ1) is 4.35. The number of hydrogen-bond acceptors (Lipinski definition) is 1. The molecule has 0 aromatic carbocycles. The minimum absolute atomic E-state index is 0.342. The lowest BCUT2D eigenvalue weighted by Crippen LogP contribution is -2.17. The Morgan fingerprint density at radius 1 is 1.22 bits per heavy atom. The molecular weight excluding hydrogens is 142 g/mol.